The van der Waals surface area contributed by atoms with E-state index < -0.39 is 11.7 Å². The molecule has 0 spiro atoms. The van der Waals surface area contributed by atoms with E-state index >= 15 is 0 Å². The molecule has 0 aliphatic heterocycles. The molecule has 0 aliphatic rings. The maximum atomic E-state index is 13.0. The maximum absolute atomic E-state index is 13.0. The zero-order valence-electron chi connectivity index (χ0n) is 12.5. The van der Waals surface area contributed by atoms with Gasteiger partial charge in [-0.15, -0.1) is 0 Å². The second-order valence-electron chi connectivity index (χ2n) is 5.02. The Labute approximate surface area is 136 Å². The molecule has 0 radical (unpaired) electrons. The highest BCUT2D eigenvalue weighted by Gasteiger charge is 2.32. The number of nitrogens with zero attached hydrogens (tertiary/aromatic N) is 3. The van der Waals surface area contributed by atoms with Gasteiger partial charge in [0.05, 0.1) is 5.56 Å². The summed E-state index contributed by atoms with van der Waals surface area (Å²) in [5.74, 6) is 0.901. The number of hydrogen-bond donors (Lipinski definition) is 1. The van der Waals surface area contributed by atoms with Crippen molar-refractivity contribution in [1.29, 1.82) is 0 Å². The number of hydrogen-bond acceptors (Lipinski definition) is 4. The van der Waals surface area contributed by atoms with Crippen LogP contribution in [0.15, 0.2) is 61.1 Å². The van der Waals surface area contributed by atoms with E-state index in [1.807, 2.05) is 6.07 Å². The van der Waals surface area contributed by atoms with Gasteiger partial charge in [-0.2, -0.15) is 13.2 Å². The first-order valence-corrected chi connectivity index (χ1v) is 7.16. The summed E-state index contributed by atoms with van der Waals surface area (Å²) in [6.07, 6.45) is 0.426. The lowest BCUT2D eigenvalue weighted by molar-refractivity contribution is -0.138. The molecule has 0 unspecified atom stereocenters. The first-order chi connectivity index (χ1) is 11.5. The molecular formula is C17H13F3N4. The van der Waals surface area contributed by atoms with Crippen LogP contribution in [0.5, 0.6) is 0 Å². The molecular weight excluding hydrogens is 317 g/mol. The molecule has 24 heavy (non-hydrogen) atoms. The predicted molar refractivity (Wildman–Crippen MR) is 84.0 cm³/mol. The van der Waals surface area contributed by atoms with Crippen LogP contribution >= 0.6 is 0 Å². The van der Waals surface area contributed by atoms with Gasteiger partial charge in [0, 0.05) is 30.7 Å². The third-order valence-corrected chi connectivity index (χ3v) is 3.36. The summed E-state index contributed by atoms with van der Waals surface area (Å²) < 4.78 is 39.0. The molecule has 4 nitrogen and oxygen atoms in total. The van der Waals surface area contributed by atoms with Gasteiger partial charge in [0.1, 0.15) is 5.82 Å². The second kappa shape index (κ2) is 6.66. The Morgan fingerprint density at radius 2 is 1.79 bits per heavy atom. The molecule has 0 bridgehead atoms. The highest BCUT2D eigenvalue weighted by Crippen LogP contribution is 2.32. The number of halogens is 3. The van der Waals surface area contributed by atoms with Crippen LogP contribution in [-0.2, 0) is 12.7 Å². The van der Waals surface area contributed by atoms with E-state index in [1.54, 1.807) is 36.8 Å². The molecule has 0 aliphatic carbocycles. The van der Waals surface area contributed by atoms with E-state index in [0.717, 1.165) is 11.6 Å². The van der Waals surface area contributed by atoms with Crippen LogP contribution in [0.2, 0.25) is 0 Å². The quantitative estimate of drug-likeness (QED) is 0.780. The molecule has 0 atom stereocenters. The molecule has 0 fully saturated rings. The lowest BCUT2D eigenvalue weighted by Gasteiger charge is -2.13. The van der Waals surface area contributed by atoms with E-state index in [2.05, 4.69) is 20.3 Å². The standard InChI is InChI=1S/C17H13F3N4/c18-17(19,20)14-6-2-1-4-12(14)11-23-15-7-9-22-16(24-15)13-5-3-8-21-10-13/h1-10H,11H2,(H,22,23,24). The third kappa shape index (κ3) is 3.68. The van der Waals surface area contributed by atoms with Crippen LogP contribution in [0.3, 0.4) is 0 Å². The van der Waals surface area contributed by atoms with E-state index in [4.69, 9.17) is 0 Å². The largest absolute Gasteiger partial charge is 0.416 e. The summed E-state index contributed by atoms with van der Waals surface area (Å²) in [6.45, 7) is 0.0131. The average molecular weight is 330 g/mol. The molecule has 1 aromatic carbocycles. The minimum Gasteiger partial charge on any atom is -0.366 e. The van der Waals surface area contributed by atoms with Crippen molar-refractivity contribution >= 4 is 5.82 Å². The van der Waals surface area contributed by atoms with Crippen molar-refractivity contribution in [3.05, 3.63) is 72.2 Å². The SMILES string of the molecule is FC(F)(F)c1ccccc1CNc1ccnc(-c2cccnc2)n1. The smallest absolute Gasteiger partial charge is 0.366 e. The molecule has 1 N–H and O–H groups in total. The Bertz CT molecular complexity index is 819. The van der Waals surface area contributed by atoms with Crippen LogP contribution < -0.4 is 5.32 Å². The first kappa shape index (κ1) is 15.9. The molecule has 0 amide bonds. The van der Waals surface area contributed by atoms with Crippen LogP contribution in [-0.4, -0.2) is 15.0 Å². The minimum atomic E-state index is -4.38. The van der Waals surface area contributed by atoms with Crippen LogP contribution in [0.4, 0.5) is 19.0 Å². The van der Waals surface area contributed by atoms with Crippen LogP contribution in [0.1, 0.15) is 11.1 Å². The van der Waals surface area contributed by atoms with Crippen molar-refractivity contribution in [3.63, 3.8) is 0 Å². The molecule has 122 valence electrons. The Morgan fingerprint density at radius 1 is 0.958 bits per heavy atom. The molecule has 0 saturated carbocycles. The number of benzene rings is 1. The zero-order valence-corrected chi connectivity index (χ0v) is 12.5. The van der Waals surface area contributed by atoms with E-state index in [9.17, 15) is 13.2 Å². The Hall–Kier alpha value is -2.96. The van der Waals surface area contributed by atoms with Gasteiger partial charge in [0.2, 0.25) is 0 Å². The molecule has 0 saturated heterocycles. The lowest BCUT2D eigenvalue weighted by atomic mass is 10.1. The summed E-state index contributed by atoms with van der Waals surface area (Å²) >= 11 is 0. The number of anilines is 1. The van der Waals surface area contributed by atoms with Gasteiger partial charge >= 0.3 is 6.18 Å². The van der Waals surface area contributed by atoms with E-state index in [0.29, 0.717) is 11.6 Å². The third-order valence-electron chi connectivity index (χ3n) is 3.36. The van der Waals surface area contributed by atoms with Crippen molar-refractivity contribution in [2.75, 3.05) is 5.32 Å². The summed E-state index contributed by atoms with van der Waals surface area (Å²) in [7, 11) is 0. The lowest BCUT2D eigenvalue weighted by Crippen LogP contribution is -2.12. The highest BCUT2D eigenvalue weighted by atomic mass is 19.4. The van der Waals surface area contributed by atoms with Crippen molar-refractivity contribution in [1.82, 2.24) is 15.0 Å². The van der Waals surface area contributed by atoms with Crippen LogP contribution in [0.25, 0.3) is 11.4 Å². The average Bonchev–Trinajstić information content (AvgIpc) is 2.60. The number of rotatable bonds is 4. The van der Waals surface area contributed by atoms with E-state index in [-0.39, 0.29) is 12.1 Å². The minimum absolute atomic E-state index is 0.0131. The topological polar surface area (TPSA) is 50.7 Å². The Kier molecular flexibility index (Phi) is 4.41. The van der Waals surface area contributed by atoms with Gasteiger partial charge < -0.3 is 5.32 Å². The Balaban J connectivity index is 1.79. The van der Waals surface area contributed by atoms with Crippen molar-refractivity contribution in [2.45, 2.75) is 12.7 Å². The van der Waals surface area contributed by atoms with Gasteiger partial charge in [-0.1, -0.05) is 18.2 Å². The fourth-order valence-electron chi connectivity index (χ4n) is 2.23. The number of alkyl halides is 3. The molecule has 2 aromatic heterocycles. The normalized spacial score (nSPS) is 11.3. The highest BCUT2D eigenvalue weighted by molar-refractivity contribution is 5.55. The fourth-order valence-corrected chi connectivity index (χ4v) is 2.23. The number of pyridine rings is 1. The van der Waals surface area contributed by atoms with Gasteiger partial charge in [-0.3, -0.25) is 4.98 Å². The molecule has 3 aromatic rings. The summed E-state index contributed by atoms with van der Waals surface area (Å²) in [5.41, 5.74) is 0.238. The molecule has 7 heteroatoms. The monoisotopic (exact) mass is 330 g/mol. The predicted octanol–water partition coefficient (Wildman–Crippen LogP) is 4.17. The first-order valence-electron chi connectivity index (χ1n) is 7.16. The molecule has 3 rings (SSSR count). The van der Waals surface area contributed by atoms with Gasteiger partial charge in [0.15, 0.2) is 5.82 Å². The number of aromatic nitrogens is 3. The summed E-state index contributed by atoms with van der Waals surface area (Å²) in [4.78, 5) is 12.5. The summed E-state index contributed by atoms with van der Waals surface area (Å²) in [5, 5.41) is 2.91. The van der Waals surface area contributed by atoms with Crippen molar-refractivity contribution in [3.8, 4) is 11.4 Å². The molecule has 2 heterocycles. The van der Waals surface area contributed by atoms with Crippen LogP contribution in [0, 0.1) is 0 Å². The van der Waals surface area contributed by atoms with Crippen molar-refractivity contribution in [2.24, 2.45) is 0 Å². The summed E-state index contributed by atoms with van der Waals surface area (Å²) in [6, 6.07) is 10.6. The van der Waals surface area contributed by atoms with Gasteiger partial charge in [-0.25, -0.2) is 9.97 Å². The van der Waals surface area contributed by atoms with Gasteiger partial charge in [0.25, 0.3) is 0 Å². The van der Waals surface area contributed by atoms with E-state index in [1.165, 1.54) is 12.1 Å². The van der Waals surface area contributed by atoms with Gasteiger partial charge in [-0.05, 0) is 29.8 Å². The Morgan fingerprint density at radius 3 is 2.54 bits per heavy atom. The second-order valence-corrected chi connectivity index (χ2v) is 5.02. The maximum Gasteiger partial charge on any atom is 0.416 e. The number of nitrogens with one attached hydrogen (secondary N) is 1. The zero-order chi connectivity index (χ0) is 17.0. The van der Waals surface area contributed by atoms with Crippen molar-refractivity contribution < 1.29 is 13.2 Å². The fraction of sp³-hybridized carbons (Fsp3) is 0.118.